The lowest BCUT2D eigenvalue weighted by molar-refractivity contribution is 0.0842. The molecule has 0 aliphatic carbocycles. The Bertz CT molecular complexity index is 351. The van der Waals surface area contributed by atoms with Gasteiger partial charge in [0.2, 0.25) is 0 Å². The van der Waals surface area contributed by atoms with Gasteiger partial charge in [-0.05, 0) is 38.4 Å². The minimum absolute atomic E-state index is 0.0973. The van der Waals surface area contributed by atoms with Crippen molar-refractivity contribution < 1.29 is 9.31 Å². The Morgan fingerprint density at radius 3 is 2.12 bits per heavy atom. The molecule has 2 rings (SSSR count). The van der Waals surface area contributed by atoms with E-state index in [4.69, 9.17) is 15.0 Å². The predicted molar refractivity (Wildman–Crippen MR) is 73.3 cm³/mol. The highest BCUT2D eigenvalue weighted by Gasteiger charge is 2.43. The summed E-state index contributed by atoms with van der Waals surface area (Å²) in [5, 5.41) is 0. The average Bonchev–Trinajstić information content (AvgIpc) is 2.57. The molecule has 2 N–H and O–H groups in total. The van der Waals surface area contributed by atoms with E-state index in [-0.39, 0.29) is 18.8 Å². The third kappa shape index (κ3) is 3.24. The van der Waals surface area contributed by atoms with Gasteiger partial charge in [0, 0.05) is 5.69 Å². The third-order valence-electron chi connectivity index (χ3n) is 2.93. The zero-order valence-electron chi connectivity index (χ0n) is 11.4. The zero-order valence-corrected chi connectivity index (χ0v) is 11.4. The lowest BCUT2D eigenvalue weighted by atomic mass is 9.79. The summed E-state index contributed by atoms with van der Waals surface area (Å²) in [4.78, 5) is 0. The van der Waals surface area contributed by atoms with Crippen molar-refractivity contribution in [3.05, 3.63) is 24.3 Å². The van der Waals surface area contributed by atoms with Crippen LogP contribution >= 0.6 is 0 Å². The van der Waals surface area contributed by atoms with E-state index in [1.165, 1.54) is 0 Å². The number of benzene rings is 1. The first-order valence-electron chi connectivity index (χ1n) is 6.18. The summed E-state index contributed by atoms with van der Waals surface area (Å²) < 4.78 is 11.6. The van der Waals surface area contributed by atoms with Crippen LogP contribution in [0.2, 0.25) is 0 Å². The van der Waals surface area contributed by atoms with Crippen LogP contribution in [0, 0.1) is 0 Å². The van der Waals surface area contributed by atoms with Gasteiger partial charge in [-0.3, -0.25) is 0 Å². The average molecular weight is 235 g/mol. The van der Waals surface area contributed by atoms with Crippen molar-refractivity contribution in [3.63, 3.8) is 0 Å². The first-order chi connectivity index (χ1) is 7.99. The van der Waals surface area contributed by atoms with Gasteiger partial charge in [0.1, 0.15) is 0 Å². The molecule has 0 bridgehead atoms. The fraction of sp³-hybridized carbons (Fsp3) is 0.538. The molecule has 17 heavy (non-hydrogen) atoms. The van der Waals surface area contributed by atoms with Crippen molar-refractivity contribution in [2.24, 2.45) is 0 Å². The van der Waals surface area contributed by atoms with Gasteiger partial charge in [0.15, 0.2) is 0 Å². The van der Waals surface area contributed by atoms with Gasteiger partial charge in [-0.1, -0.05) is 26.0 Å². The second-order valence-corrected chi connectivity index (χ2v) is 4.50. The molecule has 1 aliphatic rings. The van der Waals surface area contributed by atoms with E-state index in [1.54, 1.807) is 0 Å². The molecule has 1 fully saturated rings. The highest BCUT2D eigenvalue weighted by molar-refractivity contribution is 6.62. The van der Waals surface area contributed by atoms with Crippen molar-refractivity contribution in [2.45, 2.75) is 46.3 Å². The normalized spacial score (nSPS) is 21.9. The molecule has 0 aromatic heterocycles. The van der Waals surface area contributed by atoms with E-state index >= 15 is 0 Å². The van der Waals surface area contributed by atoms with Gasteiger partial charge < -0.3 is 15.0 Å². The monoisotopic (exact) mass is 235 g/mol. The number of hydrogen-bond acceptors (Lipinski definition) is 3. The molecule has 1 saturated heterocycles. The van der Waals surface area contributed by atoms with E-state index in [2.05, 4.69) is 0 Å². The maximum Gasteiger partial charge on any atom is 0.494 e. The molecule has 1 atom stereocenters. The molecule has 1 aliphatic heterocycles. The second-order valence-electron chi connectivity index (χ2n) is 4.50. The van der Waals surface area contributed by atoms with Crippen molar-refractivity contribution >= 4 is 18.3 Å². The van der Waals surface area contributed by atoms with Crippen LogP contribution in [0.5, 0.6) is 0 Å². The Balaban J connectivity index is 0.000000686. The first kappa shape index (κ1) is 14.1. The van der Waals surface area contributed by atoms with Crippen molar-refractivity contribution in [2.75, 3.05) is 5.73 Å². The van der Waals surface area contributed by atoms with Crippen LogP contribution in [-0.4, -0.2) is 18.8 Å². The number of nitrogen functional groups attached to an aromatic ring is 1. The smallest absolute Gasteiger partial charge is 0.402 e. The minimum Gasteiger partial charge on any atom is -0.402 e. The van der Waals surface area contributed by atoms with Crippen LogP contribution in [0.4, 0.5) is 5.69 Å². The van der Waals surface area contributed by atoms with Crippen LogP contribution in [-0.2, 0) is 9.31 Å². The quantitative estimate of drug-likeness (QED) is 0.599. The summed E-state index contributed by atoms with van der Waals surface area (Å²) in [7, 11) is -0.268. The van der Waals surface area contributed by atoms with Gasteiger partial charge in [-0.2, -0.15) is 0 Å². The molecule has 1 aromatic carbocycles. The molecule has 1 unspecified atom stereocenters. The molecule has 4 heteroatoms. The lowest BCUT2D eigenvalue weighted by Crippen LogP contribution is -2.34. The molecule has 3 nitrogen and oxygen atoms in total. The van der Waals surface area contributed by atoms with Gasteiger partial charge >= 0.3 is 7.12 Å². The number of hydrogen-bond donors (Lipinski definition) is 1. The number of rotatable bonds is 1. The maximum atomic E-state index is 5.82. The van der Waals surface area contributed by atoms with E-state index in [1.807, 2.05) is 58.9 Å². The Morgan fingerprint density at radius 2 is 1.71 bits per heavy atom. The first-order valence-corrected chi connectivity index (χ1v) is 6.18. The lowest BCUT2D eigenvalue weighted by Gasteiger charge is -2.21. The molecule has 94 valence electrons. The zero-order chi connectivity index (χ0) is 13.1. The summed E-state index contributed by atoms with van der Waals surface area (Å²) >= 11 is 0. The molecule has 1 aromatic rings. The SMILES string of the molecule is CC.CC1OB(c2ccc(N)cc2)OC1(C)C. The summed E-state index contributed by atoms with van der Waals surface area (Å²) in [5.74, 6) is 0. The summed E-state index contributed by atoms with van der Waals surface area (Å²) in [5.41, 5.74) is 7.16. The highest BCUT2D eigenvalue weighted by Crippen LogP contribution is 2.26. The third-order valence-corrected chi connectivity index (χ3v) is 2.93. The van der Waals surface area contributed by atoms with Gasteiger partial charge in [-0.25, -0.2) is 0 Å². The Hall–Kier alpha value is -0.995. The summed E-state index contributed by atoms with van der Waals surface area (Å²) in [6.07, 6.45) is 0.0973. The standard InChI is InChI=1S/C11H16BNO2.C2H6/c1-8-11(2,3)15-12(14-8)9-4-6-10(13)7-5-9;1-2/h4-8H,13H2,1-3H3;1-2H3. The minimum atomic E-state index is -0.268. The molecular weight excluding hydrogens is 213 g/mol. The van der Waals surface area contributed by atoms with Crippen molar-refractivity contribution in [3.8, 4) is 0 Å². The maximum absolute atomic E-state index is 5.82. The topological polar surface area (TPSA) is 44.5 Å². The largest absolute Gasteiger partial charge is 0.494 e. The number of anilines is 1. The highest BCUT2D eigenvalue weighted by atomic mass is 16.7. The van der Waals surface area contributed by atoms with Crippen LogP contribution in [0.15, 0.2) is 24.3 Å². The molecular formula is C13H22BNO2. The summed E-state index contributed by atoms with van der Waals surface area (Å²) in [6, 6.07) is 7.60. The van der Waals surface area contributed by atoms with Crippen LogP contribution in [0.25, 0.3) is 0 Å². The molecule has 0 radical (unpaired) electrons. The Kier molecular flexibility index (Phi) is 4.60. The van der Waals surface area contributed by atoms with E-state index in [0.717, 1.165) is 11.2 Å². The molecule has 0 saturated carbocycles. The number of nitrogens with two attached hydrogens (primary N) is 1. The second kappa shape index (κ2) is 5.56. The molecule has 0 amide bonds. The van der Waals surface area contributed by atoms with E-state index < -0.39 is 0 Å². The van der Waals surface area contributed by atoms with Crippen LogP contribution in [0.3, 0.4) is 0 Å². The predicted octanol–water partition coefficient (Wildman–Crippen LogP) is 2.20. The van der Waals surface area contributed by atoms with Gasteiger partial charge in [0.25, 0.3) is 0 Å². The van der Waals surface area contributed by atoms with Gasteiger partial charge in [-0.15, -0.1) is 0 Å². The van der Waals surface area contributed by atoms with Gasteiger partial charge in [0.05, 0.1) is 11.7 Å². The Morgan fingerprint density at radius 1 is 1.18 bits per heavy atom. The molecule has 1 heterocycles. The van der Waals surface area contributed by atoms with Crippen LogP contribution in [0.1, 0.15) is 34.6 Å². The van der Waals surface area contributed by atoms with E-state index in [0.29, 0.717) is 0 Å². The fourth-order valence-electron chi connectivity index (χ4n) is 1.55. The van der Waals surface area contributed by atoms with E-state index in [9.17, 15) is 0 Å². The van der Waals surface area contributed by atoms with Crippen molar-refractivity contribution in [1.82, 2.24) is 0 Å². The molecule has 0 spiro atoms. The fourth-order valence-corrected chi connectivity index (χ4v) is 1.55. The van der Waals surface area contributed by atoms with Crippen molar-refractivity contribution in [1.29, 1.82) is 0 Å². The summed E-state index contributed by atoms with van der Waals surface area (Å²) in [6.45, 7) is 10.1. The van der Waals surface area contributed by atoms with Crippen LogP contribution < -0.4 is 11.2 Å². The Labute approximate surface area is 104 Å².